The Balaban J connectivity index is 0.000000271. The summed E-state index contributed by atoms with van der Waals surface area (Å²) in [5, 5.41) is 1.37. The second-order valence-electron chi connectivity index (χ2n) is 4.79. The number of halogens is 8. The van der Waals surface area contributed by atoms with Crippen LogP contribution in [0.2, 0.25) is 10.0 Å². The van der Waals surface area contributed by atoms with Crippen LogP contribution >= 0.6 is 23.2 Å². The summed E-state index contributed by atoms with van der Waals surface area (Å²) in [6.07, 6.45) is -8.68. The van der Waals surface area contributed by atoms with Gasteiger partial charge in [-0.25, -0.2) is 0 Å². The summed E-state index contributed by atoms with van der Waals surface area (Å²) in [6, 6.07) is 6.48. The van der Waals surface area contributed by atoms with Gasteiger partial charge in [-0.2, -0.15) is 26.3 Å². The van der Waals surface area contributed by atoms with Crippen LogP contribution in [0.5, 0.6) is 0 Å². The summed E-state index contributed by atoms with van der Waals surface area (Å²) >= 11 is 10.7. The Bertz CT molecular complexity index is 796. The number of nitrogens with one attached hydrogen (secondary N) is 2. The van der Waals surface area contributed by atoms with E-state index in [0.29, 0.717) is 6.41 Å². The molecule has 0 atom stereocenters. The molecule has 27 heavy (non-hydrogen) atoms. The number of anilines is 2. The molecule has 0 saturated carbocycles. The minimum Gasteiger partial charge on any atom is -0.329 e. The molecule has 0 heterocycles. The van der Waals surface area contributed by atoms with Gasteiger partial charge in [-0.1, -0.05) is 23.2 Å². The Kier molecular flexibility index (Phi) is 7.76. The number of rotatable bonds is 3. The lowest BCUT2D eigenvalue weighted by molar-refractivity contribution is -0.138. The van der Waals surface area contributed by atoms with E-state index in [1.54, 1.807) is 0 Å². The van der Waals surface area contributed by atoms with E-state index in [9.17, 15) is 31.1 Å². The van der Waals surface area contributed by atoms with Crippen LogP contribution in [-0.2, 0) is 17.1 Å². The second-order valence-corrected chi connectivity index (χ2v) is 5.61. The minimum atomic E-state index is -4.52. The van der Waals surface area contributed by atoms with E-state index in [4.69, 9.17) is 29.0 Å². The third-order valence-corrected chi connectivity index (χ3v) is 3.59. The largest absolute Gasteiger partial charge is 0.417 e. The average Bonchev–Trinajstić information content (AvgIpc) is 2.56. The molecule has 148 valence electrons. The molecule has 0 unspecified atom stereocenters. The van der Waals surface area contributed by atoms with Crippen molar-refractivity contribution in [3.8, 4) is 0 Å². The second kappa shape index (κ2) is 9.16. The summed E-state index contributed by atoms with van der Waals surface area (Å²) in [7, 11) is 0. The van der Waals surface area contributed by atoms with E-state index in [1.807, 2.05) is 0 Å². The van der Waals surface area contributed by atoms with Gasteiger partial charge in [-0.15, -0.1) is 0 Å². The Morgan fingerprint density at radius 1 is 0.815 bits per heavy atom. The van der Waals surface area contributed by atoms with Gasteiger partial charge in [0.1, 0.15) is 0 Å². The zero-order valence-corrected chi connectivity index (χ0v) is 14.6. The predicted molar refractivity (Wildman–Crippen MR) is 90.4 cm³/mol. The highest BCUT2D eigenvalue weighted by molar-refractivity contribution is 6.31. The summed E-state index contributed by atoms with van der Waals surface area (Å²) in [5.41, 5.74) is 0.459. The molecule has 4 N–H and O–H groups in total. The van der Waals surface area contributed by atoms with Crippen molar-refractivity contribution in [1.82, 2.24) is 0 Å². The molecule has 4 nitrogen and oxygen atoms in total. The zero-order chi connectivity index (χ0) is 20.8. The number of nitrogen functional groups attached to an aromatic ring is 1. The minimum absolute atomic E-state index is 0.0525. The highest BCUT2D eigenvalue weighted by Crippen LogP contribution is 2.36. The van der Waals surface area contributed by atoms with Gasteiger partial charge in [0.15, 0.2) is 0 Å². The van der Waals surface area contributed by atoms with E-state index < -0.39 is 28.5 Å². The van der Waals surface area contributed by atoms with Gasteiger partial charge in [-0.3, -0.25) is 10.6 Å². The van der Waals surface area contributed by atoms with Crippen molar-refractivity contribution in [1.29, 1.82) is 0 Å². The van der Waals surface area contributed by atoms with Crippen molar-refractivity contribution < 1.29 is 31.1 Å². The maximum Gasteiger partial charge on any atom is 0.417 e. The van der Waals surface area contributed by atoms with E-state index in [2.05, 4.69) is 10.7 Å². The quantitative estimate of drug-likeness (QED) is 0.256. The van der Waals surface area contributed by atoms with Crippen LogP contribution in [0, 0.1) is 0 Å². The van der Waals surface area contributed by atoms with Crippen molar-refractivity contribution in [2.24, 2.45) is 5.84 Å². The van der Waals surface area contributed by atoms with Crippen LogP contribution in [0.25, 0.3) is 0 Å². The zero-order valence-electron chi connectivity index (χ0n) is 13.1. The first-order valence-corrected chi connectivity index (χ1v) is 7.56. The van der Waals surface area contributed by atoms with Gasteiger partial charge < -0.3 is 10.7 Å². The number of hydrogen-bond donors (Lipinski definition) is 3. The summed E-state index contributed by atoms with van der Waals surface area (Å²) in [4.78, 5) is 9.99. The van der Waals surface area contributed by atoms with E-state index in [1.165, 1.54) is 12.1 Å². The van der Waals surface area contributed by atoms with E-state index in [0.717, 1.165) is 24.3 Å². The molecule has 0 aliphatic rings. The monoisotopic (exact) mass is 433 g/mol. The first-order valence-electron chi connectivity index (χ1n) is 6.80. The normalized spacial score (nSPS) is 11.3. The van der Waals surface area contributed by atoms with Gasteiger partial charge in [0.2, 0.25) is 6.41 Å². The first-order chi connectivity index (χ1) is 12.4. The molecule has 2 aromatic carbocycles. The maximum atomic E-state index is 12.3. The van der Waals surface area contributed by atoms with Gasteiger partial charge in [0, 0.05) is 11.4 Å². The van der Waals surface area contributed by atoms with Crippen LogP contribution in [-0.4, -0.2) is 6.41 Å². The molecule has 2 aromatic rings. The highest BCUT2D eigenvalue weighted by atomic mass is 35.5. The Morgan fingerprint density at radius 3 is 1.59 bits per heavy atom. The lowest BCUT2D eigenvalue weighted by Crippen LogP contribution is -2.10. The lowest BCUT2D eigenvalue weighted by Gasteiger charge is -2.10. The summed E-state index contributed by atoms with van der Waals surface area (Å²) in [6.45, 7) is 0. The SMILES string of the molecule is NNc1ccc(Cl)c(C(F)(F)F)c1.O=CNc1ccc(Cl)c(C(F)(F)F)c1. The fourth-order valence-electron chi connectivity index (χ4n) is 1.73. The van der Waals surface area contributed by atoms with Gasteiger partial charge in [0.05, 0.1) is 21.2 Å². The van der Waals surface area contributed by atoms with Crippen LogP contribution in [0.3, 0.4) is 0 Å². The Morgan fingerprint density at radius 2 is 1.22 bits per heavy atom. The molecule has 0 aliphatic heterocycles. The third kappa shape index (κ3) is 6.81. The smallest absolute Gasteiger partial charge is 0.329 e. The number of alkyl halides is 6. The molecule has 0 fully saturated rings. The number of carbonyl (C=O) groups excluding carboxylic acids is 1. The van der Waals surface area contributed by atoms with Crippen LogP contribution in [0.15, 0.2) is 36.4 Å². The van der Waals surface area contributed by atoms with Crippen LogP contribution < -0.4 is 16.6 Å². The standard InChI is InChI=1S/C8H5ClF3NO.C7H6ClF3N2/c9-7-2-1-5(13-4-14)3-6(7)8(10,11)12;8-6-2-1-4(13-12)3-5(6)7(9,10)11/h1-4H,(H,13,14);1-3,13H,12H2. The van der Waals surface area contributed by atoms with Crippen molar-refractivity contribution in [3.05, 3.63) is 57.6 Å². The molecule has 0 radical (unpaired) electrons. The number of carbonyl (C=O) groups is 1. The highest BCUT2D eigenvalue weighted by Gasteiger charge is 2.34. The molecule has 0 aliphatic carbocycles. The number of hydrazine groups is 1. The van der Waals surface area contributed by atoms with Crippen molar-refractivity contribution in [3.63, 3.8) is 0 Å². The fourth-order valence-corrected chi connectivity index (χ4v) is 2.18. The molecular formula is C15H11Cl2F6N3O. The lowest BCUT2D eigenvalue weighted by atomic mass is 10.2. The van der Waals surface area contributed by atoms with Crippen molar-refractivity contribution >= 4 is 41.0 Å². The fraction of sp³-hybridized carbons (Fsp3) is 0.133. The van der Waals surface area contributed by atoms with Gasteiger partial charge >= 0.3 is 12.4 Å². The Hall–Kier alpha value is -2.17. The molecule has 0 aromatic heterocycles. The Labute approximate surface area is 159 Å². The summed E-state index contributed by atoms with van der Waals surface area (Å²) < 4.78 is 73.4. The number of nitrogens with two attached hydrogens (primary N) is 1. The number of amides is 1. The van der Waals surface area contributed by atoms with Crippen LogP contribution in [0.4, 0.5) is 37.7 Å². The molecule has 0 saturated heterocycles. The number of hydrogen-bond acceptors (Lipinski definition) is 3. The molecule has 2 rings (SSSR count). The average molecular weight is 434 g/mol. The molecule has 0 spiro atoms. The molecule has 12 heteroatoms. The first kappa shape index (κ1) is 22.9. The molecular weight excluding hydrogens is 423 g/mol. The van der Waals surface area contributed by atoms with E-state index >= 15 is 0 Å². The molecule has 0 bridgehead atoms. The van der Waals surface area contributed by atoms with Gasteiger partial charge in [0.25, 0.3) is 0 Å². The maximum absolute atomic E-state index is 12.3. The third-order valence-electron chi connectivity index (χ3n) is 2.94. The topological polar surface area (TPSA) is 67.1 Å². The predicted octanol–water partition coefficient (Wildman–Crippen LogP) is 5.57. The number of benzene rings is 2. The van der Waals surface area contributed by atoms with Crippen molar-refractivity contribution in [2.45, 2.75) is 12.4 Å². The molecule has 1 amide bonds. The van der Waals surface area contributed by atoms with Crippen molar-refractivity contribution in [2.75, 3.05) is 10.7 Å². The van der Waals surface area contributed by atoms with Gasteiger partial charge in [-0.05, 0) is 36.4 Å². The van der Waals surface area contributed by atoms with E-state index in [-0.39, 0.29) is 16.4 Å². The summed E-state index contributed by atoms with van der Waals surface area (Å²) in [5.74, 6) is 4.95. The van der Waals surface area contributed by atoms with Crippen LogP contribution in [0.1, 0.15) is 11.1 Å².